The predicted molar refractivity (Wildman–Crippen MR) is 152 cm³/mol. The van der Waals surface area contributed by atoms with Crippen LogP contribution < -0.4 is 0 Å². The summed E-state index contributed by atoms with van der Waals surface area (Å²) in [6, 6.07) is 8.83. The predicted octanol–water partition coefficient (Wildman–Crippen LogP) is 7.14. The van der Waals surface area contributed by atoms with Gasteiger partial charge in [0.2, 0.25) is 0 Å². The van der Waals surface area contributed by atoms with Crippen molar-refractivity contribution in [1.29, 1.82) is 0 Å². The summed E-state index contributed by atoms with van der Waals surface area (Å²) in [5.74, 6) is -0.704. The Labute approximate surface area is 226 Å². The van der Waals surface area contributed by atoms with Crippen LogP contribution in [-0.4, -0.2) is 46.6 Å². The van der Waals surface area contributed by atoms with E-state index in [1.807, 2.05) is 19.9 Å². The Morgan fingerprint density at radius 3 is 2.19 bits per heavy atom. The van der Waals surface area contributed by atoms with Gasteiger partial charge in [0, 0.05) is 11.3 Å². The Hall–Kier alpha value is -0.993. The molecule has 0 radical (unpaired) electrons. The largest absolute Gasteiger partial charge is 0.413 e. The summed E-state index contributed by atoms with van der Waals surface area (Å²) in [5, 5.41) is 0.0486. The average molecular weight is 549 g/mol. The summed E-state index contributed by atoms with van der Waals surface area (Å²) >= 11 is 0. The van der Waals surface area contributed by atoms with Gasteiger partial charge in [0.1, 0.15) is 6.10 Å². The lowest BCUT2D eigenvalue weighted by molar-refractivity contribution is -0.175. The van der Waals surface area contributed by atoms with Gasteiger partial charge in [0.05, 0.1) is 22.9 Å². The van der Waals surface area contributed by atoms with E-state index in [0.29, 0.717) is 4.90 Å². The molecule has 3 aliphatic rings. The molecule has 7 heteroatoms. The fourth-order valence-electron chi connectivity index (χ4n) is 6.99. The van der Waals surface area contributed by atoms with Crippen molar-refractivity contribution in [1.82, 2.24) is 0 Å². The molecular weight excluding hydrogens is 500 g/mol. The Balaban J connectivity index is 1.91. The number of fused-ring (bicyclic) bond motifs is 3. The van der Waals surface area contributed by atoms with Gasteiger partial charge in [-0.2, -0.15) is 0 Å². The molecule has 0 bridgehead atoms. The van der Waals surface area contributed by atoms with Gasteiger partial charge in [-0.3, -0.25) is 0 Å². The zero-order chi connectivity index (χ0) is 27.8. The lowest BCUT2D eigenvalue weighted by atomic mass is 9.48. The maximum Gasteiger partial charge on any atom is 0.192 e. The minimum Gasteiger partial charge on any atom is -0.413 e. The fourth-order valence-corrected chi connectivity index (χ4v) is 10.1. The lowest BCUT2D eigenvalue weighted by Gasteiger charge is -2.61. The third kappa shape index (κ3) is 4.92. The molecule has 0 N–H and O–H groups in total. The summed E-state index contributed by atoms with van der Waals surface area (Å²) in [7, 11) is -5.71. The molecule has 0 unspecified atom stereocenters. The zero-order valence-corrected chi connectivity index (χ0v) is 26.6. The molecule has 5 nitrogen and oxygen atoms in total. The molecule has 2 aliphatic carbocycles. The molecule has 4 rings (SSSR count). The lowest BCUT2D eigenvalue weighted by Crippen LogP contribution is -2.63. The van der Waals surface area contributed by atoms with E-state index in [4.69, 9.17) is 13.9 Å². The second-order valence-electron chi connectivity index (χ2n) is 14.4. The molecule has 1 aliphatic heterocycles. The van der Waals surface area contributed by atoms with E-state index in [-0.39, 0.29) is 40.4 Å². The van der Waals surface area contributed by atoms with Gasteiger partial charge in [-0.1, -0.05) is 59.7 Å². The van der Waals surface area contributed by atoms with Crippen LogP contribution in [0, 0.1) is 16.7 Å². The quantitative estimate of drug-likeness (QED) is 0.289. The SMILES string of the molecule is CC1=C(CS(=O)(=O)c2ccccc2)[C@@]2(C)[C@H](O[Si](C)(C)C(C)(C)C)CCC(C)(C)[C@@H]2[C@H]2OC(C)(C)O[C@@H]12. The number of hydrogen-bond acceptors (Lipinski definition) is 5. The van der Waals surface area contributed by atoms with Crippen LogP contribution in [-0.2, 0) is 23.7 Å². The fraction of sp³-hybridized carbons (Fsp3) is 0.733. The standard InChI is InChI=1S/C30H48O5SSi/c1-20-22(19-36(31,32)21-15-13-12-14-16-21)30(9)23(35-37(10,11)27(2,3)4)17-18-28(5,6)26(30)25-24(20)33-29(7,8)34-25/h12-16,23-26H,17-19H2,1-11H3/t23-,24+,25+,26+,30+/m1/s1. The monoisotopic (exact) mass is 548 g/mol. The third-order valence-corrected chi connectivity index (χ3v) is 16.0. The summed E-state index contributed by atoms with van der Waals surface area (Å²) in [4.78, 5) is 0.360. The molecule has 1 saturated heterocycles. The molecule has 0 spiro atoms. The van der Waals surface area contributed by atoms with Crippen LogP contribution in [0.5, 0.6) is 0 Å². The topological polar surface area (TPSA) is 61.8 Å². The van der Waals surface area contributed by atoms with Crippen molar-refractivity contribution in [2.75, 3.05) is 5.75 Å². The maximum absolute atomic E-state index is 13.9. The molecule has 0 amide bonds. The van der Waals surface area contributed by atoms with E-state index >= 15 is 0 Å². The van der Waals surface area contributed by atoms with Crippen LogP contribution >= 0.6 is 0 Å². The highest BCUT2D eigenvalue weighted by molar-refractivity contribution is 7.91. The molecule has 1 saturated carbocycles. The number of benzene rings is 1. The number of hydrogen-bond donors (Lipinski definition) is 0. The Kier molecular flexibility index (Phi) is 7.07. The molecular formula is C30H48O5SSi. The molecule has 37 heavy (non-hydrogen) atoms. The molecule has 1 heterocycles. The highest BCUT2D eigenvalue weighted by Gasteiger charge is 2.65. The summed E-state index contributed by atoms with van der Waals surface area (Å²) in [6.45, 7) is 24.3. The van der Waals surface area contributed by atoms with Crippen LogP contribution in [0.25, 0.3) is 0 Å². The van der Waals surface area contributed by atoms with Crippen molar-refractivity contribution >= 4 is 18.2 Å². The zero-order valence-electron chi connectivity index (χ0n) is 24.8. The van der Waals surface area contributed by atoms with Gasteiger partial charge in [0.25, 0.3) is 0 Å². The van der Waals surface area contributed by atoms with Crippen molar-refractivity contribution in [2.24, 2.45) is 16.7 Å². The van der Waals surface area contributed by atoms with Crippen molar-refractivity contribution in [3.8, 4) is 0 Å². The second kappa shape index (κ2) is 9.02. The third-order valence-electron chi connectivity index (χ3n) is 9.90. The van der Waals surface area contributed by atoms with Gasteiger partial charge in [-0.25, -0.2) is 8.42 Å². The summed E-state index contributed by atoms with van der Waals surface area (Å²) in [6.07, 6.45) is 1.40. The molecule has 2 fully saturated rings. The van der Waals surface area contributed by atoms with Gasteiger partial charge in [-0.05, 0) is 80.4 Å². The molecule has 208 valence electrons. The summed E-state index contributed by atoms with van der Waals surface area (Å²) < 4.78 is 48.1. The smallest absolute Gasteiger partial charge is 0.192 e. The van der Waals surface area contributed by atoms with Crippen LogP contribution in [0.1, 0.15) is 75.2 Å². The van der Waals surface area contributed by atoms with Crippen molar-refractivity contribution in [2.45, 2.75) is 122 Å². The minimum absolute atomic E-state index is 0.0315. The van der Waals surface area contributed by atoms with Crippen molar-refractivity contribution in [3.63, 3.8) is 0 Å². The van der Waals surface area contributed by atoms with Crippen LogP contribution in [0.15, 0.2) is 46.4 Å². The average Bonchev–Trinajstić information content (AvgIpc) is 3.07. The minimum atomic E-state index is -3.57. The van der Waals surface area contributed by atoms with E-state index in [0.717, 1.165) is 24.0 Å². The summed E-state index contributed by atoms with van der Waals surface area (Å²) in [5.41, 5.74) is 1.38. The van der Waals surface area contributed by atoms with Gasteiger partial charge < -0.3 is 13.9 Å². The van der Waals surface area contributed by atoms with Crippen LogP contribution in [0.3, 0.4) is 0 Å². The molecule has 0 aromatic heterocycles. The maximum atomic E-state index is 13.9. The normalized spacial score (nSPS) is 33.7. The molecule has 5 atom stereocenters. The second-order valence-corrected chi connectivity index (χ2v) is 21.2. The van der Waals surface area contributed by atoms with E-state index in [2.05, 4.69) is 61.6 Å². The van der Waals surface area contributed by atoms with Gasteiger partial charge in [-0.15, -0.1) is 0 Å². The van der Waals surface area contributed by atoms with Gasteiger partial charge in [0.15, 0.2) is 23.9 Å². The molecule has 1 aromatic carbocycles. The molecule has 1 aromatic rings. The first-order chi connectivity index (χ1) is 16.7. The Morgan fingerprint density at radius 2 is 1.62 bits per heavy atom. The highest BCUT2D eigenvalue weighted by Crippen LogP contribution is 2.64. The Morgan fingerprint density at radius 1 is 1.03 bits per heavy atom. The first-order valence-electron chi connectivity index (χ1n) is 13.7. The van der Waals surface area contributed by atoms with Crippen LogP contribution in [0.2, 0.25) is 18.1 Å². The van der Waals surface area contributed by atoms with E-state index in [1.165, 1.54) is 0 Å². The first kappa shape index (κ1) is 29.0. The van der Waals surface area contributed by atoms with Gasteiger partial charge >= 0.3 is 0 Å². The Bertz CT molecular complexity index is 1160. The van der Waals surface area contributed by atoms with Crippen LogP contribution in [0.4, 0.5) is 0 Å². The highest BCUT2D eigenvalue weighted by atomic mass is 32.2. The number of rotatable bonds is 5. The van der Waals surface area contributed by atoms with E-state index in [9.17, 15) is 8.42 Å². The first-order valence-corrected chi connectivity index (χ1v) is 18.3. The van der Waals surface area contributed by atoms with Crippen molar-refractivity contribution in [3.05, 3.63) is 41.5 Å². The number of sulfone groups is 1. The van der Waals surface area contributed by atoms with E-state index < -0.39 is 29.4 Å². The van der Waals surface area contributed by atoms with Crippen molar-refractivity contribution < 1.29 is 22.3 Å². The van der Waals surface area contributed by atoms with E-state index in [1.54, 1.807) is 24.3 Å². The number of ether oxygens (including phenoxy) is 2.